The number of nitrogens with one attached hydrogen (secondary N) is 1. The van der Waals surface area contributed by atoms with Gasteiger partial charge in [-0.15, -0.1) is 0 Å². The largest absolute Gasteiger partial charge is 0.491 e. The number of aliphatic hydroxyl groups excluding tert-OH is 1. The van der Waals surface area contributed by atoms with Gasteiger partial charge in [0.2, 0.25) is 0 Å². The number of aliphatic hydroxyl groups is 1. The normalized spacial score (nSPS) is 22.8. The SMILES string of the molecule is CCOC(=O)C1CC[NH+](C[C@@H](O)COc2ccccc2)CC1. The van der Waals surface area contributed by atoms with Crippen LogP contribution >= 0.6 is 0 Å². The molecule has 1 fully saturated rings. The van der Waals surface area contributed by atoms with Crippen molar-refractivity contribution in [3.8, 4) is 5.75 Å². The van der Waals surface area contributed by atoms with Crippen LogP contribution in [-0.4, -0.2) is 50.0 Å². The van der Waals surface area contributed by atoms with Gasteiger partial charge in [0.15, 0.2) is 0 Å². The van der Waals surface area contributed by atoms with Gasteiger partial charge in [0.05, 0.1) is 25.6 Å². The second kappa shape index (κ2) is 8.76. The third kappa shape index (κ3) is 5.31. The molecule has 1 atom stereocenters. The summed E-state index contributed by atoms with van der Waals surface area (Å²) in [5.74, 6) is 0.730. The average Bonchev–Trinajstić information content (AvgIpc) is 2.55. The molecule has 5 nitrogen and oxygen atoms in total. The molecule has 1 aromatic carbocycles. The van der Waals surface area contributed by atoms with Gasteiger partial charge in [0, 0.05) is 12.8 Å². The van der Waals surface area contributed by atoms with Crippen molar-refractivity contribution >= 4 is 5.97 Å². The summed E-state index contributed by atoms with van der Waals surface area (Å²) in [4.78, 5) is 13.0. The Kier molecular flexibility index (Phi) is 6.68. The van der Waals surface area contributed by atoms with Gasteiger partial charge in [0.25, 0.3) is 0 Å². The van der Waals surface area contributed by atoms with Crippen LogP contribution in [0, 0.1) is 5.92 Å². The van der Waals surface area contributed by atoms with E-state index in [-0.39, 0.29) is 11.9 Å². The summed E-state index contributed by atoms with van der Waals surface area (Å²) in [6, 6.07) is 9.51. The van der Waals surface area contributed by atoms with Gasteiger partial charge < -0.3 is 19.5 Å². The second-order valence-electron chi connectivity index (χ2n) is 5.76. The predicted octanol–water partition coefficient (Wildman–Crippen LogP) is 0.284. The van der Waals surface area contributed by atoms with Gasteiger partial charge in [-0.3, -0.25) is 4.79 Å². The highest BCUT2D eigenvalue weighted by Gasteiger charge is 2.29. The number of likely N-dealkylation sites (tertiary alicyclic amines) is 1. The summed E-state index contributed by atoms with van der Waals surface area (Å²) in [5, 5.41) is 10.1. The maximum atomic E-state index is 11.7. The maximum absolute atomic E-state index is 11.7. The third-order valence-corrected chi connectivity index (χ3v) is 4.02. The zero-order valence-electron chi connectivity index (χ0n) is 13.2. The van der Waals surface area contributed by atoms with Crippen molar-refractivity contribution in [2.45, 2.75) is 25.9 Å². The highest BCUT2D eigenvalue weighted by atomic mass is 16.5. The number of rotatable bonds is 7. The van der Waals surface area contributed by atoms with Crippen LogP contribution in [0.25, 0.3) is 0 Å². The van der Waals surface area contributed by atoms with Crippen molar-refractivity contribution in [1.29, 1.82) is 0 Å². The molecule has 0 unspecified atom stereocenters. The van der Waals surface area contributed by atoms with Crippen molar-refractivity contribution in [2.75, 3.05) is 32.8 Å². The molecule has 122 valence electrons. The Bertz CT molecular complexity index is 443. The Morgan fingerprint density at radius 1 is 1.32 bits per heavy atom. The lowest BCUT2D eigenvalue weighted by atomic mass is 9.97. The summed E-state index contributed by atoms with van der Waals surface area (Å²) in [6.45, 7) is 5.03. The van der Waals surface area contributed by atoms with E-state index in [0.29, 0.717) is 19.8 Å². The molecule has 0 aromatic heterocycles. The van der Waals surface area contributed by atoms with Crippen LogP contribution < -0.4 is 9.64 Å². The Balaban J connectivity index is 1.66. The maximum Gasteiger partial charge on any atom is 0.309 e. The first kappa shape index (κ1) is 16.8. The molecule has 1 aliphatic heterocycles. The van der Waals surface area contributed by atoms with E-state index in [1.807, 2.05) is 37.3 Å². The Morgan fingerprint density at radius 3 is 2.64 bits per heavy atom. The fourth-order valence-corrected chi connectivity index (χ4v) is 2.83. The number of piperidine rings is 1. The molecule has 0 amide bonds. The van der Waals surface area contributed by atoms with Gasteiger partial charge in [-0.2, -0.15) is 0 Å². The number of carbonyl (C=O) groups is 1. The number of ether oxygens (including phenoxy) is 2. The summed E-state index contributed by atoms with van der Waals surface area (Å²) in [5.41, 5.74) is 0. The van der Waals surface area contributed by atoms with Crippen LogP contribution in [-0.2, 0) is 9.53 Å². The van der Waals surface area contributed by atoms with Gasteiger partial charge >= 0.3 is 5.97 Å². The fraction of sp³-hybridized carbons (Fsp3) is 0.588. The van der Waals surface area contributed by atoms with Crippen LogP contribution in [0.3, 0.4) is 0 Å². The zero-order chi connectivity index (χ0) is 15.8. The fourth-order valence-electron chi connectivity index (χ4n) is 2.83. The first-order valence-electron chi connectivity index (χ1n) is 8.05. The van der Waals surface area contributed by atoms with E-state index in [1.54, 1.807) is 0 Å². The number of benzene rings is 1. The van der Waals surface area contributed by atoms with E-state index >= 15 is 0 Å². The molecule has 5 heteroatoms. The van der Waals surface area contributed by atoms with Gasteiger partial charge in [-0.05, 0) is 19.1 Å². The molecular weight excluding hydrogens is 282 g/mol. The lowest BCUT2D eigenvalue weighted by Crippen LogP contribution is -3.14. The van der Waals surface area contributed by atoms with Crippen LogP contribution in [0.15, 0.2) is 30.3 Å². The van der Waals surface area contributed by atoms with E-state index < -0.39 is 6.10 Å². The minimum atomic E-state index is -0.491. The summed E-state index contributed by atoms with van der Waals surface area (Å²) in [6.07, 6.45) is 1.18. The molecule has 0 bridgehead atoms. The minimum absolute atomic E-state index is 0.0291. The number of esters is 1. The smallest absolute Gasteiger partial charge is 0.309 e. The van der Waals surface area contributed by atoms with Crippen molar-refractivity contribution in [3.63, 3.8) is 0 Å². The van der Waals surface area contributed by atoms with E-state index in [9.17, 15) is 9.90 Å². The molecule has 0 aliphatic carbocycles. The van der Waals surface area contributed by atoms with Crippen molar-refractivity contribution in [3.05, 3.63) is 30.3 Å². The molecule has 1 heterocycles. The molecule has 1 aliphatic rings. The van der Waals surface area contributed by atoms with Gasteiger partial charge in [0.1, 0.15) is 25.0 Å². The van der Waals surface area contributed by atoms with Crippen LogP contribution in [0.1, 0.15) is 19.8 Å². The van der Waals surface area contributed by atoms with Crippen molar-refractivity contribution in [2.24, 2.45) is 5.92 Å². The monoisotopic (exact) mass is 308 g/mol. The number of hydrogen-bond donors (Lipinski definition) is 2. The molecular formula is C17H26NO4+. The number of para-hydroxylation sites is 1. The van der Waals surface area contributed by atoms with Crippen molar-refractivity contribution < 1.29 is 24.3 Å². The Labute approximate surface area is 131 Å². The number of carbonyl (C=O) groups excluding carboxylic acids is 1. The molecule has 0 spiro atoms. The zero-order valence-corrected chi connectivity index (χ0v) is 13.2. The highest BCUT2D eigenvalue weighted by molar-refractivity contribution is 5.72. The summed E-state index contributed by atoms with van der Waals surface area (Å²) >= 11 is 0. The number of hydrogen-bond acceptors (Lipinski definition) is 4. The van der Waals surface area contributed by atoms with Gasteiger partial charge in [-0.25, -0.2) is 0 Å². The minimum Gasteiger partial charge on any atom is -0.491 e. The highest BCUT2D eigenvalue weighted by Crippen LogP contribution is 2.12. The lowest BCUT2D eigenvalue weighted by molar-refractivity contribution is -0.908. The van der Waals surface area contributed by atoms with E-state index in [1.165, 1.54) is 4.90 Å². The van der Waals surface area contributed by atoms with Crippen molar-refractivity contribution in [1.82, 2.24) is 0 Å². The predicted molar refractivity (Wildman–Crippen MR) is 82.9 cm³/mol. The Hall–Kier alpha value is -1.59. The molecule has 2 rings (SSSR count). The van der Waals surface area contributed by atoms with E-state index in [4.69, 9.17) is 9.47 Å². The second-order valence-corrected chi connectivity index (χ2v) is 5.76. The number of quaternary nitrogens is 1. The molecule has 2 N–H and O–H groups in total. The standard InChI is InChI=1S/C17H25NO4/c1-2-21-17(20)14-8-10-18(11-9-14)12-15(19)13-22-16-6-4-3-5-7-16/h3-7,14-15,19H,2,8-13H2,1H3/p+1/t15-/m1/s1. The molecule has 22 heavy (non-hydrogen) atoms. The van der Waals surface area contributed by atoms with Gasteiger partial charge in [-0.1, -0.05) is 18.2 Å². The van der Waals surface area contributed by atoms with E-state index in [2.05, 4.69) is 0 Å². The van der Waals surface area contributed by atoms with E-state index in [0.717, 1.165) is 31.7 Å². The molecule has 0 saturated carbocycles. The first-order chi connectivity index (χ1) is 10.7. The molecule has 1 aromatic rings. The first-order valence-corrected chi connectivity index (χ1v) is 8.05. The van der Waals surface area contributed by atoms with Crippen LogP contribution in [0.2, 0.25) is 0 Å². The topological polar surface area (TPSA) is 60.2 Å². The van der Waals surface area contributed by atoms with Crippen LogP contribution in [0.4, 0.5) is 0 Å². The summed E-state index contributed by atoms with van der Waals surface area (Å²) < 4.78 is 10.6. The lowest BCUT2D eigenvalue weighted by Gasteiger charge is -2.29. The summed E-state index contributed by atoms with van der Waals surface area (Å²) in [7, 11) is 0. The molecule has 1 saturated heterocycles. The Morgan fingerprint density at radius 2 is 2.00 bits per heavy atom. The quantitative estimate of drug-likeness (QED) is 0.711. The molecule has 0 radical (unpaired) electrons. The average molecular weight is 308 g/mol. The third-order valence-electron chi connectivity index (χ3n) is 4.02. The van der Waals surface area contributed by atoms with Crippen LogP contribution in [0.5, 0.6) is 5.75 Å².